The highest BCUT2D eigenvalue weighted by molar-refractivity contribution is 5.49. The Morgan fingerprint density at radius 2 is 2.19 bits per heavy atom. The molecule has 1 N–H and O–H groups in total. The second-order valence-corrected chi connectivity index (χ2v) is 3.84. The molecule has 1 rings (SSSR count). The van der Waals surface area contributed by atoms with Gasteiger partial charge in [0.15, 0.2) is 0 Å². The molecule has 1 atom stereocenters. The summed E-state index contributed by atoms with van der Waals surface area (Å²) in [6, 6.07) is 6.74. The number of hydrogen-bond donors (Lipinski definition) is 1. The van der Waals surface area contributed by atoms with Crippen molar-refractivity contribution in [1.29, 1.82) is 5.26 Å². The van der Waals surface area contributed by atoms with E-state index in [1.807, 2.05) is 6.07 Å². The minimum atomic E-state index is -0.353. The number of nitrogens with one attached hydrogen (secondary N) is 1. The topological polar surface area (TPSA) is 35.8 Å². The van der Waals surface area contributed by atoms with Gasteiger partial charge in [-0.1, -0.05) is 20.3 Å². The van der Waals surface area contributed by atoms with Crippen LogP contribution in [0.25, 0.3) is 0 Å². The van der Waals surface area contributed by atoms with E-state index >= 15 is 0 Å². The van der Waals surface area contributed by atoms with Crippen LogP contribution >= 0.6 is 0 Å². The monoisotopic (exact) mass is 220 g/mol. The number of nitrogens with zero attached hydrogens (tertiary/aromatic N) is 1. The van der Waals surface area contributed by atoms with Crippen molar-refractivity contribution >= 4 is 5.69 Å². The molecule has 0 aliphatic heterocycles. The zero-order valence-corrected chi connectivity index (χ0v) is 9.76. The van der Waals surface area contributed by atoms with Crippen molar-refractivity contribution in [3.8, 4) is 6.07 Å². The lowest BCUT2D eigenvalue weighted by molar-refractivity contribution is 0.599. The SMILES string of the molecule is CCCC(CC)Nc1ccc(C#N)cc1F. The summed E-state index contributed by atoms with van der Waals surface area (Å²) in [6.07, 6.45) is 3.06. The Hall–Kier alpha value is -1.56. The standard InChI is InChI=1S/C13H17FN2/c1-3-5-11(4-2)16-13-7-6-10(9-15)8-12(13)14/h6-8,11,16H,3-5H2,1-2H3. The normalized spacial score (nSPS) is 11.9. The maximum atomic E-state index is 13.6. The number of halogens is 1. The predicted octanol–water partition coefficient (Wildman–Crippen LogP) is 3.69. The van der Waals surface area contributed by atoms with Gasteiger partial charge >= 0.3 is 0 Å². The van der Waals surface area contributed by atoms with Crippen LogP contribution in [0, 0.1) is 17.1 Å². The van der Waals surface area contributed by atoms with Crippen LogP contribution in [0.4, 0.5) is 10.1 Å². The molecule has 0 spiro atoms. The van der Waals surface area contributed by atoms with Gasteiger partial charge in [0, 0.05) is 6.04 Å². The van der Waals surface area contributed by atoms with Crippen LogP contribution in [-0.4, -0.2) is 6.04 Å². The first-order valence-corrected chi connectivity index (χ1v) is 5.67. The molecule has 0 bridgehead atoms. The van der Waals surface area contributed by atoms with Gasteiger partial charge in [-0.25, -0.2) is 4.39 Å². The van der Waals surface area contributed by atoms with Gasteiger partial charge in [0.05, 0.1) is 17.3 Å². The minimum absolute atomic E-state index is 0.299. The molecule has 0 amide bonds. The van der Waals surface area contributed by atoms with Crippen LogP contribution in [0.2, 0.25) is 0 Å². The number of nitriles is 1. The van der Waals surface area contributed by atoms with E-state index in [1.54, 1.807) is 12.1 Å². The molecule has 0 aliphatic rings. The molecule has 16 heavy (non-hydrogen) atoms. The molecule has 0 fully saturated rings. The van der Waals surface area contributed by atoms with Crippen LogP contribution in [0.5, 0.6) is 0 Å². The van der Waals surface area contributed by atoms with Gasteiger partial charge in [0.25, 0.3) is 0 Å². The molecule has 86 valence electrons. The summed E-state index contributed by atoms with van der Waals surface area (Å²) in [5.41, 5.74) is 0.839. The van der Waals surface area contributed by atoms with Gasteiger partial charge < -0.3 is 5.32 Å². The Bertz CT molecular complexity index is 382. The van der Waals surface area contributed by atoms with Crippen molar-refractivity contribution in [3.05, 3.63) is 29.6 Å². The van der Waals surface area contributed by atoms with E-state index in [1.165, 1.54) is 6.07 Å². The molecule has 1 aromatic carbocycles. The lowest BCUT2D eigenvalue weighted by Crippen LogP contribution is -2.18. The number of benzene rings is 1. The third-order valence-electron chi connectivity index (χ3n) is 2.59. The predicted molar refractivity (Wildman–Crippen MR) is 63.7 cm³/mol. The van der Waals surface area contributed by atoms with Crippen molar-refractivity contribution in [1.82, 2.24) is 0 Å². The van der Waals surface area contributed by atoms with E-state index in [0.29, 0.717) is 17.3 Å². The smallest absolute Gasteiger partial charge is 0.147 e. The third-order valence-corrected chi connectivity index (χ3v) is 2.59. The fourth-order valence-corrected chi connectivity index (χ4v) is 1.65. The Balaban J connectivity index is 2.77. The first kappa shape index (κ1) is 12.5. The van der Waals surface area contributed by atoms with Gasteiger partial charge in [-0.3, -0.25) is 0 Å². The maximum Gasteiger partial charge on any atom is 0.147 e. The summed E-state index contributed by atoms with van der Waals surface area (Å²) in [5, 5.41) is 11.8. The lowest BCUT2D eigenvalue weighted by atomic mass is 10.1. The first-order chi connectivity index (χ1) is 7.71. The molecular formula is C13H17FN2. The molecule has 3 heteroatoms. The van der Waals surface area contributed by atoms with E-state index in [2.05, 4.69) is 19.2 Å². The molecule has 0 saturated carbocycles. The molecule has 0 heterocycles. The zero-order chi connectivity index (χ0) is 12.0. The Labute approximate surface area is 96.1 Å². The molecular weight excluding hydrogens is 203 g/mol. The first-order valence-electron chi connectivity index (χ1n) is 5.67. The second-order valence-electron chi connectivity index (χ2n) is 3.84. The van der Waals surface area contributed by atoms with Crippen LogP contribution in [0.3, 0.4) is 0 Å². The summed E-state index contributed by atoms with van der Waals surface area (Å²) in [7, 11) is 0. The Morgan fingerprint density at radius 1 is 1.44 bits per heavy atom. The van der Waals surface area contributed by atoms with Crippen molar-refractivity contribution in [2.75, 3.05) is 5.32 Å². The van der Waals surface area contributed by atoms with Gasteiger partial charge in [0.2, 0.25) is 0 Å². The van der Waals surface area contributed by atoms with Crippen LogP contribution < -0.4 is 5.32 Å². The van der Waals surface area contributed by atoms with Crippen molar-refractivity contribution in [2.24, 2.45) is 0 Å². The third kappa shape index (κ3) is 3.23. The zero-order valence-electron chi connectivity index (χ0n) is 9.76. The van der Waals surface area contributed by atoms with E-state index in [0.717, 1.165) is 19.3 Å². The fraction of sp³-hybridized carbons (Fsp3) is 0.462. The van der Waals surface area contributed by atoms with Crippen molar-refractivity contribution in [3.63, 3.8) is 0 Å². The highest BCUT2D eigenvalue weighted by Gasteiger charge is 2.08. The highest BCUT2D eigenvalue weighted by Crippen LogP contribution is 2.18. The molecule has 0 radical (unpaired) electrons. The van der Waals surface area contributed by atoms with E-state index in [-0.39, 0.29) is 5.82 Å². The van der Waals surface area contributed by atoms with E-state index in [4.69, 9.17) is 5.26 Å². The van der Waals surface area contributed by atoms with Crippen molar-refractivity contribution in [2.45, 2.75) is 39.2 Å². The molecule has 0 saturated heterocycles. The summed E-state index contributed by atoms with van der Waals surface area (Å²) in [4.78, 5) is 0. The molecule has 0 aliphatic carbocycles. The highest BCUT2D eigenvalue weighted by atomic mass is 19.1. The van der Waals surface area contributed by atoms with Gasteiger partial charge in [0.1, 0.15) is 5.82 Å². The Morgan fingerprint density at radius 3 is 2.69 bits per heavy atom. The summed E-state index contributed by atoms with van der Waals surface area (Å²) in [6.45, 7) is 4.19. The summed E-state index contributed by atoms with van der Waals surface area (Å²) in [5.74, 6) is -0.353. The molecule has 0 aromatic heterocycles. The second kappa shape index (κ2) is 6.12. The number of anilines is 1. The van der Waals surface area contributed by atoms with Gasteiger partial charge in [-0.05, 0) is 31.0 Å². The summed E-state index contributed by atoms with van der Waals surface area (Å²) >= 11 is 0. The van der Waals surface area contributed by atoms with E-state index < -0.39 is 0 Å². The fourth-order valence-electron chi connectivity index (χ4n) is 1.65. The van der Waals surface area contributed by atoms with Crippen molar-refractivity contribution < 1.29 is 4.39 Å². The minimum Gasteiger partial charge on any atom is -0.380 e. The summed E-state index contributed by atoms with van der Waals surface area (Å²) < 4.78 is 13.6. The molecule has 1 aromatic rings. The van der Waals surface area contributed by atoms with Gasteiger partial charge in [-0.15, -0.1) is 0 Å². The lowest BCUT2D eigenvalue weighted by Gasteiger charge is -2.17. The Kier molecular flexibility index (Phi) is 4.78. The molecule has 1 unspecified atom stereocenters. The molecule has 2 nitrogen and oxygen atoms in total. The maximum absolute atomic E-state index is 13.6. The van der Waals surface area contributed by atoms with Crippen LogP contribution in [0.15, 0.2) is 18.2 Å². The quantitative estimate of drug-likeness (QED) is 0.821. The van der Waals surface area contributed by atoms with E-state index in [9.17, 15) is 4.39 Å². The number of hydrogen-bond acceptors (Lipinski definition) is 2. The van der Waals surface area contributed by atoms with Crippen LogP contribution in [-0.2, 0) is 0 Å². The largest absolute Gasteiger partial charge is 0.380 e. The average Bonchev–Trinajstić information content (AvgIpc) is 2.30. The average molecular weight is 220 g/mol. The van der Waals surface area contributed by atoms with Crippen LogP contribution in [0.1, 0.15) is 38.7 Å². The number of rotatable bonds is 5. The van der Waals surface area contributed by atoms with Gasteiger partial charge in [-0.2, -0.15) is 5.26 Å².